The van der Waals surface area contributed by atoms with E-state index >= 15 is 0 Å². The summed E-state index contributed by atoms with van der Waals surface area (Å²) >= 11 is 0. The summed E-state index contributed by atoms with van der Waals surface area (Å²) in [4.78, 5) is 0. The van der Waals surface area contributed by atoms with E-state index in [9.17, 15) is 5.11 Å². The average molecular weight is 248 g/mol. The van der Waals surface area contributed by atoms with E-state index in [4.69, 9.17) is 9.31 Å². The highest BCUT2D eigenvalue weighted by Crippen LogP contribution is 2.36. The van der Waals surface area contributed by atoms with Gasteiger partial charge in [0.25, 0.3) is 0 Å². The summed E-state index contributed by atoms with van der Waals surface area (Å²) in [5.41, 5.74) is 2.18. The summed E-state index contributed by atoms with van der Waals surface area (Å²) < 4.78 is 12.0. The van der Waals surface area contributed by atoms with Crippen molar-refractivity contribution in [2.45, 2.75) is 52.4 Å². The summed E-state index contributed by atoms with van der Waals surface area (Å²) in [7, 11) is -0.406. The van der Waals surface area contributed by atoms with E-state index in [1.165, 1.54) is 0 Å². The maximum Gasteiger partial charge on any atom is 0.495 e. The van der Waals surface area contributed by atoms with Gasteiger partial charge in [0.05, 0.1) is 17.8 Å². The second-order valence-corrected chi connectivity index (χ2v) is 5.89. The van der Waals surface area contributed by atoms with Crippen LogP contribution in [0.15, 0.2) is 18.2 Å². The third-order valence-electron chi connectivity index (χ3n) is 4.11. The summed E-state index contributed by atoms with van der Waals surface area (Å²) in [5, 5.41) is 9.51. The number of hydrogen-bond donors (Lipinski definition) is 1. The van der Waals surface area contributed by atoms with E-state index in [0.29, 0.717) is 0 Å². The lowest BCUT2D eigenvalue weighted by atomic mass is 9.75. The topological polar surface area (TPSA) is 38.7 Å². The van der Waals surface area contributed by atoms with Crippen LogP contribution in [-0.2, 0) is 15.9 Å². The van der Waals surface area contributed by atoms with Gasteiger partial charge >= 0.3 is 7.12 Å². The first-order valence-electron chi connectivity index (χ1n) is 6.33. The van der Waals surface area contributed by atoms with Crippen LogP contribution < -0.4 is 5.46 Å². The van der Waals surface area contributed by atoms with Crippen LogP contribution in [0.1, 0.15) is 38.8 Å². The van der Waals surface area contributed by atoms with Crippen LogP contribution in [0, 0.1) is 6.92 Å². The minimum Gasteiger partial charge on any atom is -0.399 e. The molecule has 1 aromatic rings. The molecule has 18 heavy (non-hydrogen) atoms. The molecular formula is C14H21BO3. The van der Waals surface area contributed by atoms with Gasteiger partial charge in [-0.25, -0.2) is 0 Å². The van der Waals surface area contributed by atoms with Crippen molar-refractivity contribution in [3.63, 3.8) is 0 Å². The largest absolute Gasteiger partial charge is 0.495 e. The van der Waals surface area contributed by atoms with Crippen molar-refractivity contribution in [3.05, 3.63) is 29.3 Å². The Labute approximate surface area is 109 Å². The Bertz CT molecular complexity index is 438. The third kappa shape index (κ3) is 2.09. The van der Waals surface area contributed by atoms with E-state index in [1.54, 1.807) is 0 Å². The average Bonchev–Trinajstić information content (AvgIpc) is 2.47. The summed E-state index contributed by atoms with van der Waals surface area (Å²) in [6.07, 6.45) is 0. The van der Waals surface area contributed by atoms with Crippen molar-refractivity contribution in [2.75, 3.05) is 0 Å². The van der Waals surface area contributed by atoms with Crippen molar-refractivity contribution in [3.8, 4) is 0 Å². The van der Waals surface area contributed by atoms with Gasteiger partial charge in [-0.3, -0.25) is 0 Å². The van der Waals surface area contributed by atoms with Gasteiger partial charge in [-0.15, -0.1) is 0 Å². The molecule has 0 amide bonds. The Kier molecular flexibility index (Phi) is 3.30. The first kappa shape index (κ1) is 13.6. The molecule has 1 N–H and O–H groups in total. The van der Waals surface area contributed by atoms with E-state index in [1.807, 2.05) is 52.8 Å². The minimum absolute atomic E-state index is 0.00604. The van der Waals surface area contributed by atoms with Crippen LogP contribution >= 0.6 is 0 Å². The van der Waals surface area contributed by atoms with E-state index in [2.05, 4.69) is 0 Å². The zero-order chi connectivity index (χ0) is 13.6. The van der Waals surface area contributed by atoms with Crippen LogP contribution in [0.4, 0.5) is 0 Å². The number of aliphatic hydroxyl groups is 1. The number of benzene rings is 1. The smallest absolute Gasteiger partial charge is 0.399 e. The van der Waals surface area contributed by atoms with Gasteiger partial charge in [-0.2, -0.15) is 0 Å². The Hall–Kier alpha value is -0.835. The second kappa shape index (κ2) is 4.37. The van der Waals surface area contributed by atoms with Gasteiger partial charge in [0, 0.05) is 0 Å². The third-order valence-corrected chi connectivity index (χ3v) is 4.11. The molecule has 0 aliphatic carbocycles. The van der Waals surface area contributed by atoms with Crippen molar-refractivity contribution in [2.24, 2.45) is 0 Å². The molecule has 0 radical (unpaired) electrons. The van der Waals surface area contributed by atoms with E-state index < -0.39 is 7.12 Å². The molecule has 1 aliphatic heterocycles. The van der Waals surface area contributed by atoms with E-state index in [0.717, 1.165) is 16.6 Å². The lowest BCUT2D eigenvalue weighted by Gasteiger charge is -2.32. The SMILES string of the molecule is Cc1cccc(B2OC(C)(C)C(C)(C)O2)c1CO. The molecule has 3 nitrogen and oxygen atoms in total. The molecule has 0 atom stereocenters. The summed E-state index contributed by atoms with van der Waals surface area (Å²) in [6.45, 7) is 10.1. The van der Waals surface area contributed by atoms with Crippen molar-refractivity contribution >= 4 is 12.6 Å². The summed E-state index contributed by atoms with van der Waals surface area (Å²) in [5.74, 6) is 0. The van der Waals surface area contributed by atoms with Gasteiger partial charge < -0.3 is 14.4 Å². The highest BCUT2D eigenvalue weighted by atomic mass is 16.7. The molecule has 1 fully saturated rings. The van der Waals surface area contributed by atoms with Crippen molar-refractivity contribution < 1.29 is 14.4 Å². The number of aliphatic hydroxyl groups excluding tert-OH is 1. The normalized spacial score (nSPS) is 21.3. The Morgan fingerprint density at radius 2 is 1.67 bits per heavy atom. The molecule has 98 valence electrons. The number of rotatable bonds is 2. The van der Waals surface area contributed by atoms with Gasteiger partial charge in [0.15, 0.2) is 0 Å². The first-order valence-corrected chi connectivity index (χ1v) is 6.33. The van der Waals surface area contributed by atoms with Crippen LogP contribution in [0.3, 0.4) is 0 Å². The standard InChI is InChI=1S/C14H21BO3/c1-10-7-6-8-12(11(10)9-16)15-17-13(2,3)14(4,5)18-15/h6-8,16H,9H2,1-5H3. The second-order valence-electron chi connectivity index (χ2n) is 5.89. The Morgan fingerprint density at radius 1 is 1.11 bits per heavy atom. The molecule has 0 aromatic heterocycles. The minimum atomic E-state index is -0.406. The Balaban J connectivity index is 2.38. The molecule has 1 saturated heterocycles. The predicted molar refractivity (Wildman–Crippen MR) is 72.8 cm³/mol. The molecular weight excluding hydrogens is 227 g/mol. The van der Waals surface area contributed by atoms with Crippen molar-refractivity contribution in [1.82, 2.24) is 0 Å². The maximum absolute atomic E-state index is 9.51. The van der Waals surface area contributed by atoms with Gasteiger partial charge in [-0.1, -0.05) is 18.2 Å². The van der Waals surface area contributed by atoms with Gasteiger partial charge in [0.1, 0.15) is 0 Å². The van der Waals surface area contributed by atoms with Crippen molar-refractivity contribution in [1.29, 1.82) is 0 Å². The van der Waals surface area contributed by atoms with Crippen LogP contribution in [0.2, 0.25) is 0 Å². The number of aryl methyl sites for hydroxylation is 1. The monoisotopic (exact) mass is 248 g/mol. The molecule has 4 heteroatoms. The molecule has 2 rings (SSSR count). The molecule has 0 spiro atoms. The predicted octanol–water partition coefficient (Wildman–Crippen LogP) is 1.79. The fourth-order valence-electron chi connectivity index (χ4n) is 2.13. The lowest BCUT2D eigenvalue weighted by Crippen LogP contribution is -2.41. The van der Waals surface area contributed by atoms with Gasteiger partial charge in [-0.05, 0) is 51.2 Å². The Morgan fingerprint density at radius 3 is 2.17 bits per heavy atom. The zero-order valence-electron chi connectivity index (χ0n) is 11.8. The van der Waals surface area contributed by atoms with Crippen LogP contribution in [0.5, 0.6) is 0 Å². The highest BCUT2D eigenvalue weighted by Gasteiger charge is 2.52. The highest BCUT2D eigenvalue weighted by molar-refractivity contribution is 6.62. The van der Waals surface area contributed by atoms with E-state index in [-0.39, 0.29) is 17.8 Å². The fourth-order valence-corrected chi connectivity index (χ4v) is 2.13. The van der Waals surface area contributed by atoms with Crippen LogP contribution in [0.25, 0.3) is 0 Å². The summed E-state index contributed by atoms with van der Waals surface area (Å²) in [6, 6.07) is 5.91. The first-order chi connectivity index (χ1) is 8.28. The van der Waals surface area contributed by atoms with Crippen LogP contribution in [-0.4, -0.2) is 23.4 Å². The molecule has 1 aromatic carbocycles. The zero-order valence-corrected chi connectivity index (χ0v) is 11.8. The maximum atomic E-state index is 9.51. The molecule has 0 unspecified atom stereocenters. The molecule has 0 bridgehead atoms. The lowest BCUT2D eigenvalue weighted by molar-refractivity contribution is 0.00578. The molecule has 0 saturated carbocycles. The fraction of sp³-hybridized carbons (Fsp3) is 0.571. The molecule has 1 heterocycles. The van der Waals surface area contributed by atoms with Gasteiger partial charge in [0.2, 0.25) is 0 Å². The molecule has 1 aliphatic rings. The quantitative estimate of drug-likeness (QED) is 0.811. The number of hydrogen-bond acceptors (Lipinski definition) is 3.